The van der Waals surface area contributed by atoms with Crippen molar-refractivity contribution in [3.8, 4) is 5.88 Å². The van der Waals surface area contributed by atoms with Crippen molar-refractivity contribution in [3.05, 3.63) is 58.7 Å². The minimum absolute atomic E-state index is 0.0302. The van der Waals surface area contributed by atoms with E-state index in [1.54, 1.807) is 27.0 Å². The third-order valence-electron chi connectivity index (χ3n) is 4.86. The molecular formula is C21H22B3F2N5O2. The highest BCUT2D eigenvalue weighted by Crippen LogP contribution is 2.25. The average Bonchev–Trinajstić information content (AvgIpc) is 2.99. The van der Waals surface area contributed by atoms with E-state index in [0.717, 1.165) is 12.1 Å². The quantitative estimate of drug-likeness (QED) is 0.513. The summed E-state index contributed by atoms with van der Waals surface area (Å²) in [5, 5.41) is 1.25. The lowest BCUT2D eigenvalue weighted by molar-refractivity contribution is 0.0937. The number of nitrogens with zero attached hydrogens (tertiary/aromatic N) is 3. The first kappa shape index (κ1) is 24.8. The number of nitrogens with two attached hydrogens (primary N) is 1. The minimum atomic E-state index is -1.49. The van der Waals surface area contributed by atoms with Crippen molar-refractivity contribution in [2.24, 2.45) is 5.73 Å². The van der Waals surface area contributed by atoms with Crippen LogP contribution in [0, 0.1) is 25.5 Å². The predicted molar refractivity (Wildman–Crippen MR) is 123 cm³/mol. The predicted octanol–water partition coefficient (Wildman–Crippen LogP) is 1.62. The number of aromatic nitrogens is 3. The van der Waals surface area contributed by atoms with Crippen LogP contribution < -0.4 is 15.8 Å². The first-order valence-corrected chi connectivity index (χ1v) is 10.1. The second-order valence-corrected chi connectivity index (χ2v) is 8.54. The van der Waals surface area contributed by atoms with Gasteiger partial charge in [-0.05, 0) is 32.9 Å². The van der Waals surface area contributed by atoms with Gasteiger partial charge in [-0.15, -0.1) is 5.11 Å². The summed E-state index contributed by atoms with van der Waals surface area (Å²) < 4.78 is 35.0. The Hall–Kier alpha value is -2.88. The number of carbonyl (C=O) groups excluding carboxylic acids is 1. The topological polar surface area (TPSA) is 94.5 Å². The minimum Gasteiger partial charge on any atom is -0.470 e. The second-order valence-electron chi connectivity index (χ2n) is 8.54. The van der Waals surface area contributed by atoms with Crippen LogP contribution in [0.4, 0.5) is 8.78 Å². The zero-order chi connectivity index (χ0) is 24.6. The Labute approximate surface area is 194 Å². The maximum absolute atomic E-state index is 14.0. The summed E-state index contributed by atoms with van der Waals surface area (Å²) in [5.74, 6) is -1.90. The zero-order valence-electron chi connectivity index (χ0n) is 18.7. The molecule has 3 rings (SSSR count). The first-order valence-electron chi connectivity index (χ1n) is 10.1. The van der Waals surface area contributed by atoms with Gasteiger partial charge in [0.15, 0.2) is 0 Å². The number of aryl methyl sites for hydroxylation is 2. The maximum atomic E-state index is 14.0. The molecule has 0 aliphatic heterocycles. The summed E-state index contributed by atoms with van der Waals surface area (Å²) in [6.07, 6.45) is 1.66. The van der Waals surface area contributed by atoms with Gasteiger partial charge in [0.05, 0.1) is 40.5 Å². The van der Waals surface area contributed by atoms with Crippen LogP contribution in [-0.4, -0.2) is 55.9 Å². The summed E-state index contributed by atoms with van der Waals surface area (Å²) in [6, 6.07) is 3.54. The van der Waals surface area contributed by atoms with E-state index >= 15 is 0 Å². The van der Waals surface area contributed by atoms with Crippen molar-refractivity contribution in [2.75, 3.05) is 6.54 Å². The van der Waals surface area contributed by atoms with Crippen LogP contribution in [0.15, 0.2) is 24.4 Å². The van der Waals surface area contributed by atoms with Gasteiger partial charge in [-0.2, -0.15) is 0 Å². The third-order valence-corrected chi connectivity index (χ3v) is 4.86. The number of benzene rings is 1. The van der Waals surface area contributed by atoms with Gasteiger partial charge in [-0.25, -0.2) is 18.7 Å². The largest absolute Gasteiger partial charge is 0.470 e. The molecule has 0 saturated carbocycles. The number of halogens is 2. The summed E-state index contributed by atoms with van der Waals surface area (Å²) in [5.41, 5.74) is 6.30. The van der Waals surface area contributed by atoms with Crippen LogP contribution in [0.2, 0.25) is 5.11 Å². The van der Waals surface area contributed by atoms with Gasteiger partial charge in [0, 0.05) is 18.3 Å². The van der Waals surface area contributed by atoms with E-state index < -0.39 is 34.8 Å². The van der Waals surface area contributed by atoms with Gasteiger partial charge in [0.2, 0.25) is 5.65 Å². The molecule has 1 unspecified atom stereocenters. The number of hydrogen-bond donors (Lipinski definition) is 2. The van der Waals surface area contributed by atoms with Crippen LogP contribution in [0.25, 0.3) is 5.65 Å². The van der Waals surface area contributed by atoms with Crippen molar-refractivity contribution in [1.29, 1.82) is 0 Å². The number of rotatable bonds is 8. The molecule has 0 saturated heterocycles. The molecule has 0 fully saturated rings. The average molecular weight is 447 g/mol. The lowest BCUT2D eigenvalue weighted by Gasteiger charge is -2.33. The fourth-order valence-corrected chi connectivity index (χ4v) is 3.56. The van der Waals surface area contributed by atoms with Gasteiger partial charge >= 0.3 is 0 Å². The molecule has 2 heterocycles. The summed E-state index contributed by atoms with van der Waals surface area (Å²) >= 11 is 0. The number of amides is 1. The Balaban J connectivity index is 1.87. The van der Waals surface area contributed by atoms with E-state index in [1.165, 1.54) is 10.5 Å². The Morgan fingerprint density at radius 2 is 1.85 bits per heavy atom. The molecule has 1 aromatic carbocycles. The molecule has 1 atom stereocenters. The summed E-state index contributed by atoms with van der Waals surface area (Å²) in [6.45, 7) is 4.64. The molecular weight excluding hydrogens is 425 g/mol. The summed E-state index contributed by atoms with van der Waals surface area (Å²) in [4.78, 5) is 21.6. The van der Waals surface area contributed by atoms with Gasteiger partial charge in [0.25, 0.3) is 11.8 Å². The highest BCUT2D eigenvalue weighted by molar-refractivity contribution is 6.58. The molecule has 0 aliphatic rings. The van der Waals surface area contributed by atoms with Crippen molar-refractivity contribution in [3.63, 3.8) is 0 Å². The second kappa shape index (κ2) is 9.17. The molecule has 12 heteroatoms. The maximum Gasteiger partial charge on any atom is 0.270 e. The zero-order valence-corrected chi connectivity index (χ0v) is 18.7. The third kappa shape index (κ3) is 5.93. The Morgan fingerprint density at radius 1 is 1.21 bits per heavy atom. The van der Waals surface area contributed by atoms with Crippen LogP contribution in [0.1, 0.15) is 40.8 Å². The molecule has 0 aliphatic carbocycles. The lowest BCUT2D eigenvalue weighted by Crippen LogP contribution is -2.50. The fourth-order valence-electron chi connectivity index (χ4n) is 3.56. The number of fused-ring (bicyclic) bond motifs is 1. The van der Waals surface area contributed by atoms with E-state index in [4.69, 9.17) is 34.0 Å². The van der Waals surface area contributed by atoms with E-state index in [9.17, 15) is 13.6 Å². The van der Waals surface area contributed by atoms with Crippen molar-refractivity contribution in [1.82, 2.24) is 19.7 Å². The number of ether oxygens (including phenoxy) is 1. The SMILES string of the molecule is [B]C([B])([B])CC(C)(N)CNC(=O)c1c(C)nc2c(OCc3c(F)cccc3F)nc(C)cn12. The lowest BCUT2D eigenvalue weighted by atomic mass is 9.40. The number of nitrogens with one attached hydrogen (secondary N) is 1. The highest BCUT2D eigenvalue weighted by atomic mass is 19.1. The molecule has 0 bridgehead atoms. The van der Waals surface area contributed by atoms with Crippen molar-refractivity contribution in [2.45, 2.75) is 44.5 Å². The van der Waals surface area contributed by atoms with Crippen LogP contribution in [0.3, 0.4) is 0 Å². The van der Waals surface area contributed by atoms with Gasteiger partial charge in [-0.1, -0.05) is 12.5 Å². The Morgan fingerprint density at radius 3 is 2.45 bits per heavy atom. The van der Waals surface area contributed by atoms with Gasteiger partial charge < -0.3 is 15.8 Å². The molecule has 6 radical (unpaired) electrons. The molecule has 2 aromatic heterocycles. The van der Waals surface area contributed by atoms with E-state index in [1.807, 2.05) is 0 Å². The van der Waals surface area contributed by atoms with Gasteiger partial charge in [-0.3, -0.25) is 9.20 Å². The smallest absolute Gasteiger partial charge is 0.270 e. The highest BCUT2D eigenvalue weighted by Gasteiger charge is 2.27. The molecule has 3 aromatic rings. The van der Waals surface area contributed by atoms with Crippen molar-refractivity contribution < 1.29 is 18.3 Å². The van der Waals surface area contributed by atoms with Crippen molar-refractivity contribution >= 4 is 35.1 Å². The summed E-state index contributed by atoms with van der Waals surface area (Å²) in [7, 11) is 16.9. The Bertz CT molecular complexity index is 1170. The van der Waals surface area contributed by atoms with E-state index in [0.29, 0.717) is 11.4 Å². The van der Waals surface area contributed by atoms with E-state index in [-0.39, 0.29) is 35.8 Å². The Kier molecular flexibility index (Phi) is 6.88. The molecule has 3 N–H and O–H groups in total. The number of hydrogen-bond acceptors (Lipinski definition) is 5. The number of imidazole rings is 1. The normalized spacial score (nSPS) is 13.6. The fraction of sp³-hybridized carbons (Fsp3) is 0.381. The van der Waals surface area contributed by atoms with Crippen LogP contribution in [0.5, 0.6) is 5.88 Å². The number of carbonyl (C=O) groups is 1. The monoisotopic (exact) mass is 447 g/mol. The van der Waals surface area contributed by atoms with Crippen LogP contribution >= 0.6 is 0 Å². The molecule has 7 nitrogen and oxygen atoms in total. The van der Waals surface area contributed by atoms with Crippen LogP contribution in [-0.2, 0) is 6.61 Å². The molecule has 33 heavy (non-hydrogen) atoms. The first-order chi connectivity index (χ1) is 15.3. The van der Waals surface area contributed by atoms with Gasteiger partial charge in [0.1, 0.15) is 23.9 Å². The molecule has 166 valence electrons. The standard InChI is InChI=1S/C21H22B3F2N5O2/c1-11-7-31-16(18(32)28-10-20(3,27)9-21(22,23)24)12(2)30-17(31)19(29-11)33-8-13-14(25)5-4-6-15(13)26/h4-7H,8-10,27H2,1-3H3,(H,28,32). The molecule has 0 spiro atoms. The van der Waals surface area contributed by atoms with E-state index in [2.05, 4.69) is 15.3 Å². The molecule has 1 amide bonds.